The molecule has 0 saturated carbocycles. The van der Waals surface area contributed by atoms with Gasteiger partial charge in [0.25, 0.3) is 0 Å². The van der Waals surface area contributed by atoms with Crippen LogP contribution in [-0.2, 0) is 27.4 Å². The van der Waals surface area contributed by atoms with E-state index in [4.69, 9.17) is 17.3 Å². The van der Waals surface area contributed by atoms with Crippen molar-refractivity contribution in [3.8, 4) is 0 Å². The van der Waals surface area contributed by atoms with Crippen LogP contribution < -0.4 is 16.0 Å². The molecule has 0 radical (unpaired) electrons. The number of nitrogens with two attached hydrogens (primary N) is 1. The summed E-state index contributed by atoms with van der Waals surface area (Å²) >= 11 is 6.24. The number of halogens is 4. The van der Waals surface area contributed by atoms with Crippen molar-refractivity contribution in [2.45, 2.75) is 50.7 Å². The highest BCUT2D eigenvalue weighted by molar-refractivity contribution is 7.90. The lowest BCUT2D eigenvalue weighted by atomic mass is 9.98. The molecule has 1 saturated heterocycles. The van der Waals surface area contributed by atoms with Crippen LogP contribution in [0, 0.1) is 5.92 Å². The Morgan fingerprint density at radius 3 is 2.44 bits per heavy atom. The van der Waals surface area contributed by atoms with Crippen LogP contribution in [0.3, 0.4) is 0 Å². The van der Waals surface area contributed by atoms with Crippen LogP contribution in [-0.4, -0.2) is 38.7 Å². The summed E-state index contributed by atoms with van der Waals surface area (Å²) in [6.45, 7) is 4.93. The summed E-state index contributed by atoms with van der Waals surface area (Å²) in [4.78, 5) is 18.6. The third kappa shape index (κ3) is 6.68. The van der Waals surface area contributed by atoms with E-state index in [1.807, 2.05) is 4.90 Å². The Morgan fingerprint density at radius 1 is 1.25 bits per heavy atom. The summed E-state index contributed by atoms with van der Waals surface area (Å²) in [5, 5.41) is 1.61. The number of hydrogen-bond acceptors (Lipinski definition) is 6. The molecular weight excluding hydrogens is 517 g/mol. The van der Waals surface area contributed by atoms with E-state index in [0.717, 1.165) is 25.2 Å². The first-order chi connectivity index (χ1) is 16.7. The molecule has 2 unspecified atom stereocenters. The second-order valence-electron chi connectivity index (χ2n) is 9.32. The summed E-state index contributed by atoms with van der Waals surface area (Å²) in [5.41, 5.74) is 6.05. The lowest BCUT2D eigenvalue weighted by molar-refractivity contribution is -0.141. The van der Waals surface area contributed by atoms with Gasteiger partial charge >= 0.3 is 6.18 Å². The Balaban J connectivity index is 1.77. The minimum atomic E-state index is -4.57. The van der Waals surface area contributed by atoms with Crippen molar-refractivity contribution in [2.24, 2.45) is 11.7 Å². The van der Waals surface area contributed by atoms with Gasteiger partial charge in [0, 0.05) is 42.0 Å². The summed E-state index contributed by atoms with van der Waals surface area (Å²) in [6.07, 6.45) is -1.87. The van der Waals surface area contributed by atoms with Crippen molar-refractivity contribution in [3.05, 3.63) is 57.7 Å². The summed E-state index contributed by atoms with van der Waals surface area (Å²) < 4.78 is 63.4. The molecule has 1 aliphatic heterocycles. The van der Waals surface area contributed by atoms with Crippen LogP contribution in [0.5, 0.6) is 0 Å². The number of carbonyl (C=O) groups is 1. The zero-order valence-electron chi connectivity index (χ0n) is 20.3. The van der Waals surface area contributed by atoms with E-state index in [1.165, 1.54) is 18.2 Å². The highest BCUT2D eigenvalue weighted by atomic mass is 35.5. The molecule has 0 bridgehead atoms. The molecule has 3 rings (SSSR count). The minimum absolute atomic E-state index is 0.000462. The summed E-state index contributed by atoms with van der Waals surface area (Å²) in [6, 6.07) is 6.82. The Labute approximate surface area is 214 Å². The number of anilines is 1. The van der Waals surface area contributed by atoms with Crippen LogP contribution in [0.15, 0.2) is 30.3 Å². The SMILES string of the molecule is CC1CCN(c2nc(C(F)(F)F)ccc2CNC(=O)C(C)c2ccc(C(N)S(C)(=O)=O)c(Cl)c2)CC1. The van der Waals surface area contributed by atoms with Crippen molar-refractivity contribution in [2.75, 3.05) is 24.2 Å². The van der Waals surface area contributed by atoms with Crippen molar-refractivity contribution in [1.29, 1.82) is 0 Å². The van der Waals surface area contributed by atoms with Crippen LogP contribution in [0.4, 0.5) is 19.0 Å². The topological polar surface area (TPSA) is 105 Å². The number of alkyl halides is 3. The van der Waals surface area contributed by atoms with Gasteiger partial charge in [0.05, 0.1) is 5.92 Å². The van der Waals surface area contributed by atoms with E-state index in [0.29, 0.717) is 30.1 Å². The molecule has 3 N–H and O–H groups in total. The number of amides is 1. The first-order valence-electron chi connectivity index (χ1n) is 11.5. The fraction of sp³-hybridized carbons (Fsp3) is 0.500. The second kappa shape index (κ2) is 10.9. The Kier molecular flexibility index (Phi) is 8.57. The van der Waals surface area contributed by atoms with Gasteiger partial charge in [-0.1, -0.05) is 36.7 Å². The van der Waals surface area contributed by atoms with Crippen molar-refractivity contribution < 1.29 is 26.4 Å². The van der Waals surface area contributed by atoms with Gasteiger partial charge in [0.1, 0.15) is 16.9 Å². The first-order valence-corrected chi connectivity index (χ1v) is 13.8. The number of sulfone groups is 1. The fourth-order valence-corrected chi connectivity index (χ4v) is 5.07. The molecule has 1 aliphatic rings. The Bertz CT molecular complexity index is 1220. The standard InChI is InChI=1S/C24H30ClF3N4O3S/c1-14-8-10-32(11-9-14)22-17(5-7-20(31-22)24(26,27)28)13-30-23(33)15(2)16-4-6-18(19(25)12-16)21(29)36(3,34)35/h4-7,12,14-15,21H,8-11,13,29H2,1-3H3,(H,30,33). The van der Waals surface area contributed by atoms with E-state index in [1.54, 1.807) is 13.0 Å². The zero-order chi connectivity index (χ0) is 26.8. The fourth-order valence-electron chi connectivity index (χ4n) is 4.03. The number of nitrogens with one attached hydrogen (secondary N) is 1. The molecule has 1 aromatic carbocycles. The lowest BCUT2D eigenvalue weighted by Gasteiger charge is -2.33. The quantitative estimate of drug-likeness (QED) is 0.533. The maximum atomic E-state index is 13.3. The smallest absolute Gasteiger partial charge is 0.356 e. The van der Waals surface area contributed by atoms with Crippen molar-refractivity contribution in [3.63, 3.8) is 0 Å². The predicted octanol–water partition coefficient (Wildman–Crippen LogP) is 4.41. The van der Waals surface area contributed by atoms with Gasteiger partial charge in [0.2, 0.25) is 5.91 Å². The molecule has 1 amide bonds. The van der Waals surface area contributed by atoms with Crippen molar-refractivity contribution >= 4 is 33.2 Å². The van der Waals surface area contributed by atoms with Gasteiger partial charge in [-0.2, -0.15) is 13.2 Å². The minimum Gasteiger partial charge on any atom is -0.356 e. The molecule has 1 aromatic heterocycles. The highest BCUT2D eigenvalue weighted by Crippen LogP contribution is 2.33. The monoisotopic (exact) mass is 546 g/mol. The van der Waals surface area contributed by atoms with Crippen molar-refractivity contribution in [1.82, 2.24) is 10.3 Å². The van der Waals surface area contributed by atoms with Crippen LogP contribution in [0.25, 0.3) is 0 Å². The summed E-state index contributed by atoms with van der Waals surface area (Å²) in [5.74, 6) is -0.315. The van der Waals surface area contributed by atoms with Crippen LogP contribution in [0.2, 0.25) is 5.02 Å². The van der Waals surface area contributed by atoms with Crippen LogP contribution >= 0.6 is 11.6 Å². The molecule has 2 heterocycles. The molecule has 7 nitrogen and oxygen atoms in total. The largest absolute Gasteiger partial charge is 0.433 e. The average Bonchev–Trinajstić information content (AvgIpc) is 2.80. The van der Waals surface area contributed by atoms with E-state index < -0.39 is 33.0 Å². The molecule has 12 heteroatoms. The number of pyridine rings is 1. The lowest BCUT2D eigenvalue weighted by Crippen LogP contribution is -2.35. The number of carbonyl (C=O) groups excluding carboxylic acids is 1. The Morgan fingerprint density at radius 2 is 1.89 bits per heavy atom. The zero-order valence-corrected chi connectivity index (χ0v) is 21.8. The summed E-state index contributed by atoms with van der Waals surface area (Å²) in [7, 11) is -3.56. The highest BCUT2D eigenvalue weighted by Gasteiger charge is 2.34. The molecular formula is C24H30ClF3N4O3S. The molecule has 198 valence electrons. The van der Waals surface area contributed by atoms with E-state index in [-0.39, 0.29) is 28.9 Å². The van der Waals surface area contributed by atoms with E-state index >= 15 is 0 Å². The Hall–Kier alpha value is -2.37. The van der Waals surface area contributed by atoms with E-state index in [9.17, 15) is 26.4 Å². The predicted molar refractivity (Wildman–Crippen MR) is 133 cm³/mol. The van der Waals surface area contributed by atoms with Gasteiger partial charge in [-0.15, -0.1) is 0 Å². The number of piperidine rings is 1. The molecule has 0 spiro atoms. The third-order valence-electron chi connectivity index (χ3n) is 6.47. The molecule has 0 aliphatic carbocycles. The number of hydrogen-bond donors (Lipinski definition) is 2. The maximum Gasteiger partial charge on any atom is 0.433 e. The van der Waals surface area contributed by atoms with Gasteiger partial charge in [-0.25, -0.2) is 13.4 Å². The number of nitrogens with zero attached hydrogens (tertiary/aromatic N) is 2. The normalized spacial score (nSPS) is 17.1. The van der Waals surface area contributed by atoms with Gasteiger partial charge in [0.15, 0.2) is 9.84 Å². The van der Waals surface area contributed by atoms with E-state index in [2.05, 4.69) is 17.2 Å². The molecule has 2 atom stereocenters. The average molecular weight is 547 g/mol. The first kappa shape index (κ1) is 28.2. The van der Waals surface area contributed by atoms with Gasteiger partial charge < -0.3 is 16.0 Å². The second-order valence-corrected chi connectivity index (χ2v) is 11.9. The third-order valence-corrected chi connectivity index (χ3v) is 7.97. The molecule has 2 aromatic rings. The maximum absolute atomic E-state index is 13.3. The van der Waals surface area contributed by atoms with Gasteiger partial charge in [-0.3, -0.25) is 4.79 Å². The number of aromatic nitrogens is 1. The molecule has 1 fully saturated rings. The number of benzene rings is 1. The van der Waals surface area contributed by atoms with Crippen LogP contribution in [0.1, 0.15) is 60.4 Å². The molecule has 36 heavy (non-hydrogen) atoms. The van der Waals surface area contributed by atoms with Gasteiger partial charge in [-0.05, 0) is 43.4 Å². The number of rotatable bonds is 7.